The van der Waals surface area contributed by atoms with Crippen LogP contribution in [-0.4, -0.2) is 65.1 Å². The third kappa shape index (κ3) is 8.28. The molecule has 3 rings (SSSR count). The molecule has 1 aliphatic rings. The summed E-state index contributed by atoms with van der Waals surface area (Å²) in [7, 11) is 0. The minimum absolute atomic E-state index is 0.0269. The summed E-state index contributed by atoms with van der Waals surface area (Å²) in [5.74, 6) is -0.610. The first-order valence-electron chi connectivity index (χ1n) is 11.4. The normalized spacial score (nSPS) is 16.2. The van der Waals surface area contributed by atoms with Crippen LogP contribution in [0.3, 0.4) is 0 Å². The molecule has 1 saturated heterocycles. The monoisotopic (exact) mass is 531 g/mol. The Bertz CT molecular complexity index is 1020. The van der Waals surface area contributed by atoms with E-state index < -0.39 is 29.2 Å². The SMILES string of the molecule is CCN1CCN(Cc2cc(OC(F)(F)F)cc(C(=O)NCc3cc(Cl)ccc3[S+]([O-])CC)c2)CC1. The predicted octanol–water partition coefficient (Wildman–Crippen LogP) is 4.43. The van der Waals surface area contributed by atoms with Gasteiger partial charge in [-0.3, -0.25) is 9.69 Å². The molecular weight excluding hydrogens is 503 g/mol. The van der Waals surface area contributed by atoms with Gasteiger partial charge in [-0.2, -0.15) is 0 Å². The number of carbonyl (C=O) groups is 1. The van der Waals surface area contributed by atoms with Gasteiger partial charge in [-0.25, -0.2) is 0 Å². The van der Waals surface area contributed by atoms with Gasteiger partial charge in [0.15, 0.2) is 4.90 Å². The Morgan fingerprint density at radius 1 is 1.11 bits per heavy atom. The summed E-state index contributed by atoms with van der Waals surface area (Å²) in [5, 5.41) is 3.13. The van der Waals surface area contributed by atoms with Crippen LogP contribution in [0, 0.1) is 0 Å². The molecule has 1 amide bonds. The second-order valence-corrected chi connectivity index (χ2v) is 10.3. The van der Waals surface area contributed by atoms with E-state index in [1.54, 1.807) is 31.2 Å². The van der Waals surface area contributed by atoms with Crippen molar-refractivity contribution in [2.75, 3.05) is 38.5 Å². The van der Waals surface area contributed by atoms with Crippen molar-refractivity contribution in [3.63, 3.8) is 0 Å². The average Bonchev–Trinajstić information content (AvgIpc) is 2.81. The summed E-state index contributed by atoms with van der Waals surface area (Å²) in [6, 6.07) is 8.86. The number of hydrogen-bond acceptors (Lipinski definition) is 5. The zero-order valence-electron chi connectivity index (χ0n) is 19.7. The maximum Gasteiger partial charge on any atom is 0.573 e. The van der Waals surface area contributed by atoms with Gasteiger partial charge in [-0.15, -0.1) is 13.2 Å². The number of benzene rings is 2. The van der Waals surface area contributed by atoms with Crippen molar-refractivity contribution in [2.24, 2.45) is 0 Å². The molecule has 0 bridgehead atoms. The van der Waals surface area contributed by atoms with Gasteiger partial charge in [0.1, 0.15) is 11.5 Å². The van der Waals surface area contributed by atoms with E-state index in [0.29, 0.717) is 33.3 Å². The van der Waals surface area contributed by atoms with Crippen LogP contribution in [0.4, 0.5) is 13.2 Å². The van der Waals surface area contributed by atoms with Crippen molar-refractivity contribution in [2.45, 2.75) is 38.2 Å². The summed E-state index contributed by atoms with van der Waals surface area (Å²) in [5.41, 5.74) is 1.19. The van der Waals surface area contributed by atoms with Crippen molar-refractivity contribution >= 4 is 28.7 Å². The molecule has 1 unspecified atom stereocenters. The van der Waals surface area contributed by atoms with E-state index in [0.717, 1.165) is 38.8 Å². The number of nitrogens with one attached hydrogen (secondary N) is 1. The maximum atomic E-state index is 12.9. The molecule has 2 aromatic carbocycles. The number of ether oxygens (including phenoxy) is 1. The van der Waals surface area contributed by atoms with E-state index >= 15 is 0 Å². The molecular formula is C24H29ClF3N3O3S. The molecule has 1 heterocycles. The first kappa shape index (κ1) is 27.6. The van der Waals surface area contributed by atoms with Crippen LogP contribution >= 0.6 is 11.6 Å². The number of amides is 1. The fraction of sp³-hybridized carbons (Fsp3) is 0.458. The molecule has 192 valence electrons. The lowest BCUT2D eigenvalue weighted by Gasteiger charge is -2.34. The van der Waals surface area contributed by atoms with Crippen LogP contribution in [0.25, 0.3) is 0 Å². The molecule has 0 aliphatic carbocycles. The van der Waals surface area contributed by atoms with Gasteiger partial charge in [0.2, 0.25) is 0 Å². The fourth-order valence-corrected chi connectivity index (χ4v) is 5.09. The molecule has 35 heavy (non-hydrogen) atoms. The van der Waals surface area contributed by atoms with Crippen LogP contribution in [0.2, 0.25) is 5.02 Å². The number of carbonyl (C=O) groups excluding carboxylic acids is 1. The quantitative estimate of drug-likeness (QED) is 0.485. The highest BCUT2D eigenvalue weighted by Crippen LogP contribution is 2.27. The zero-order valence-corrected chi connectivity index (χ0v) is 21.2. The smallest absolute Gasteiger partial charge is 0.573 e. The second kappa shape index (κ2) is 12.3. The Hall–Kier alpha value is -1.98. The Morgan fingerprint density at radius 2 is 1.80 bits per heavy atom. The van der Waals surface area contributed by atoms with E-state index in [1.807, 2.05) is 0 Å². The van der Waals surface area contributed by atoms with E-state index in [-0.39, 0.29) is 12.1 Å². The standard InChI is InChI=1S/C24H29ClF3N3O3S/c1-3-30-7-9-31(10-8-30)16-17-11-18(14-21(12-17)34-24(26,27)28)23(32)29-15-19-13-20(25)5-6-22(19)35(33)4-2/h5-6,11-14H,3-4,7-10,15-16H2,1-2H3,(H,29,32). The van der Waals surface area contributed by atoms with Gasteiger partial charge >= 0.3 is 6.36 Å². The second-order valence-electron chi connectivity index (χ2n) is 8.19. The van der Waals surface area contributed by atoms with Gasteiger partial charge in [-0.1, -0.05) is 18.5 Å². The van der Waals surface area contributed by atoms with E-state index in [2.05, 4.69) is 26.8 Å². The van der Waals surface area contributed by atoms with Crippen molar-refractivity contribution in [3.05, 3.63) is 58.1 Å². The maximum absolute atomic E-state index is 12.9. The third-order valence-corrected chi connectivity index (χ3v) is 7.40. The highest BCUT2D eigenvalue weighted by Gasteiger charge is 2.31. The van der Waals surface area contributed by atoms with Crippen LogP contribution in [0.5, 0.6) is 5.75 Å². The van der Waals surface area contributed by atoms with Crippen LogP contribution in [0.15, 0.2) is 41.3 Å². The molecule has 0 aromatic heterocycles. The molecule has 1 atom stereocenters. The molecule has 1 aliphatic heterocycles. The summed E-state index contributed by atoms with van der Waals surface area (Å²) in [6.45, 7) is 8.58. The van der Waals surface area contributed by atoms with Crippen LogP contribution in [-0.2, 0) is 24.3 Å². The molecule has 0 saturated carbocycles. The number of hydrogen-bond donors (Lipinski definition) is 1. The Morgan fingerprint density at radius 3 is 2.43 bits per heavy atom. The Kier molecular flexibility index (Phi) is 9.71. The minimum Gasteiger partial charge on any atom is -0.611 e. The molecule has 0 spiro atoms. The largest absolute Gasteiger partial charge is 0.611 e. The minimum atomic E-state index is -4.88. The number of halogens is 4. The van der Waals surface area contributed by atoms with Gasteiger partial charge in [0, 0.05) is 55.4 Å². The van der Waals surface area contributed by atoms with E-state index in [9.17, 15) is 22.5 Å². The lowest BCUT2D eigenvalue weighted by atomic mass is 10.1. The Labute approximate surface area is 211 Å². The zero-order chi connectivity index (χ0) is 25.6. The summed E-state index contributed by atoms with van der Waals surface area (Å²) in [4.78, 5) is 17.9. The van der Waals surface area contributed by atoms with Crippen molar-refractivity contribution in [1.82, 2.24) is 15.1 Å². The highest BCUT2D eigenvalue weighted by molar-refractivity contribution is 7.91. The van der Waals surface area contributed by atoms with E-state index in [4.69, 9.17) is 11.6 Å². The fourth-order valence-electron chi connectivity index (χ4n) is 3.94. The topological polar surface area (TPSA) is 67.9 Å². The molecule has 11 heteroatoms. The Balaban J connectivity index is 1.78. The molecule has 6 nitrogen and oxygen atoms in total. The molecule has 1 fully saturated rings. The lowest BCUT2D eigenvalue weighted by molar-refractivity contribution is -0.274. The summed E-state index contributed by atoms with van der Waals surface area (Å²) in [6.07, 6.45) is -4.88. The predicted molar refractivity (Wildman–Crippen MR) is 130 cm³/mol. The van der Waals surface area contributed by atoms with Crippen molar-refractivity contribution in [1.29, 1.82) is 0 Å². The number of rotatable bonds is 9. The number of likely N-dealkylation sites (N-methyl/N-ethyl adjacent to an activating group) is 1. The van der Waals surface area contributed by atoms with Gasteiger partial charge in [0.25, 0.3) is 5.91 Å². The van der Waals surface area contributed by atoms with Crippen LogP contribution in [0.1, 0.15) is 35.3 Å². The first-order valence-corrected chi connectivity index (χ1v) is 13.1. The van der Waals surface area contributed by atoms with Gasteiger partial charge in [0.05, 0.1) is 0 Å². The molecule has 0 radical (unpaired) electrons. The van der Waals surface area contributed by atoms with E-state index in [1.165, 1.54) is 6.07 Å². The summed E-state index contributed by atoms with van der Waals surface area (Å²) < 4.78 is 55.3. The highest BCUT2D eigenvalue weighted by atomic mass is 35.5. The first-order chi connectivity index (χ1) is 16.6. The average molecular weight is 532 g/mol. The number of alkyl halides is 3. The van der Waals surface area contributed by atoms with Crippen molar-refractivity contribution < 1.29 is 27.3 Å². The third-order valence-electron chi connectivity index (χ3n) is 5.75. The molecule has 1 N–H and O–H groups in total. The number of nitrogens with zero attached hydrogens (tertiary/aromatic N) is 2. The van der Waals surface area contributed by atoms with Crippen molar-refractivity contribution in [3.8, 4) is 5.75 Å². The lowest BCUT2D eigenvalue weighted by Crippen LogP contribution is -2.45. The van der Waals surface area contributed by atoms with Gasteiger partial charge < -0.3 is 19.5 Å². The summed E-state index contributed by atoms with van der Waals surface area (Å²) >= 11 is 4.81. The van der Waals surface area contributed by atoms with Gasteiger partial charge in [-0.05, 0) is 66.6 Å². The van der Waals surface area contributed by atoms with Crippen LogP contribution < -0.4 is 10.1 Å². The number of piperazine rings is 1. The molecule has 2 aromatic rings.